The molecule has 0 unspecified atom stereocenters. The fraction of sp³-hybridized carbons (Fsp3) is 0.500. The summed E-state index contributed by atoms with van der Waals surface area (Å²) < 4.78 is 5.29. The molecule has 1 aromatic rings. The molecule has 0 aliphatic carbocycles. The zero-order valence-electron chi connectivity index (χ0n) is 8.14. The molecule has 1 aromatic heterocycles. The van der Waals surface area contributed by atoms with E-state index in [-0.39, 0.29) is 18.0 Å². The van der Waals surface area contributed by atoms with Gasteiger partial charge >= 0.3 is 0 Å². The molecule has 1 saturated heterocycles. The van der Waals surface area contributed by atoms with E-state index in [1.165, 1.54) is 0 Å². The Hall–Kier alpha value is -1.29. The molecule has 2 N–H and O–H groups in total. The first-order valence-corrected chi connectivity index (χ1v) is 4.82. The number of carbonyl (C=O) groups is 1. The Bertz CT molecular complexity index is 321. The van der Waals surface area contributed by atoms with Gasteiger partial charge in [0.25, 0.3) is 0 Å². The predicted octanol–water partition coefficient (Wildman–Crippen LogP) is 0.900. The Labute approximate surface area is 82.7 Å². The first-order chi connectivity index (χ1) is 6.74. The molecule has 76 valence electrons. The van der Waals surface area contributed by atoms with Crippen LogP contribution in [0.3, 0.4) is 0 Å². The highest BCUT2D eigenvalue weighted by Crippen LogP contribution is 2.31. The van der Waals surface area contributed by atoms with E-state index in [1.807, 2.05) is 19.1 Å². The van der Waals surface area contributed by atoms with Crippen LogP contribution in [0.4, 0.5) is 0 Å². The molecule has 4 heteroatoms. The van der Waals surface area contributed by atoms with Gasteiger partial charge in [-0.05, 0) is 19.1 Å². The van der Waals surface area contributed by atoms with Crippen LogP contribution in [0.15, 0.2) is 22.8 Å². The fourth-order valence-corrected chi connectivity index (χ4v) is 2.01. The number of nitrogens with zero attached hydrogens (tertiary/aromatic N) is 1. The minimum absolute atomic E-state index is 0.0810. The van der Waals surface area contributed by atoms with Gasteiger partial charge in [-0.3, -0.25) is 4.79 Å². The first kappa shape index (κ1) is 9.27. The molecule has 0 spiro atoms. The number of rotatable bonds is 2. The lowest BCUT2D eigenvalue weighted by molar-refractivity contribution is -0.129. The average molecular weight is 194 g/mol. The maximum Gasteiger partial charge on any atom is 0.224 e. The quantitative estimate of drug-likeness (QED) is 0.761. The molecule has 0 radical (unpaired) electrons. The number of likely N-dealkylation sites (tertiary alicyclic amines) is 1. The SMILES string of the molecule is CCN1C(=O)C[C@H](N)[C@H]1c1ccco1. The second-order valence-corrected chi connectivity index (χ2v) is 3.51. The van der Waals surface area contributed by atoms with Crippen molar-refractivity contribution in [1.82, 2.24) is 4.90 Å². The van der Waals surface area contributed by atoms with E-state index in [4.69, 9.17) is 10.2 Å². The molecule has 2 atom stereocenters. The van der Waals surface area contributed by atoms with Gasteiger partial charge in [-0.25, -0.2) is 0 Å². The molecule has 2 heterocycles. The number of nitrogens with two attached hydrogens (primary N) is 1. The van der Waals surface area contributed by atoms with Gasteiger partial charge in [-0.2, -0.15) is 0 Å². The highest BCUT2D eigenvalue weighted by molar-refractivity contribution is 5.80. The molecular weight excluding hydrogens is 180 g/mol. The van der Waals surface area contributed by atoms with Crippen molar-refractivity contribution in [2.45, 2.75) is 25.4 Å². The molecule has 4 nitrogen and oxygen atoms in total. The summed E-state index contributed by atoms with van der Waals surface area (Å²) in [6, 6.07) is 3.46. The molecule has 0 saturated carbocycles. The minimum atomic E-state index is -0.145. The molecule has 0 bridgehead atoms. The van der Waals surface area contributed by atoms with Crippen LogP contribution in [0.2, 0.25) is 0 Å². The van der Waals surface area contributed by atoms with Crippen LogP contribution < -0.4 is 5.73 Å². The predicted molar refractivity (Wildman–Crippen MR) is 51.4 cm³/mol. The second-order valence-electron chi connectivity index (χ2n) is 3.51. The topological polar surface area (TPSA) is 59.5 Å². The third kappa shape index (κ3) is 1.32. The second kappa shape index (κ2) is 3.46. The molecule has 2 rings (SSSR count). The van der Waals surface area contributed by atoms with Crippen molar-refractivity contribution < 1.29 is 9.21 Å². The molecule has 1 aliphatic rings. The third-order valence-corrected chi connectivity index (χ3v) is 2.65. The number of carbonyl (C=O) groups excluding carboxylic acids is 1. The Balaban J connectivity index is 2.28. The van der Waals surface area contributed by atoms with Crippen LogP contribution in [0, 0.1) is 0 Å². The Morgan fingerprint density at radius 3 is 3.07 bits per heavy atom. The van der Waals surface area contributed by atoms with Gasteiger partial charge in [0.15, 0.2) is 0 Å². The number of hydrogen-bond donors (Lipinski definition) is 1. The van der Waals surface area contributed by atoms with Crippen LogP contribution >= 0.6 is 0 Å². The van der Waals surface area contributed by atoms with Crippen LogP contribution in [0.25, 0.3) is 0 Å². The van der Waals surface area contributed by atoms with Crippen molar-refractivity contribution >= 4 is 5.91 Å². The van der Waals surface area contributed by atoms with E-state index < -0.39 is 0 Å². The van der Waals surface area contributed by atoms with Gasteiger partial charge in [-0.1, -0.05) is 0 Å². The van der Waals surface area contributed by atoms with Crippen molar-refractivity contribution in [3.8, 4) is 0 Å². The van der Waals surface area contributed by atoms with E-state index in [0.29, 0.717) is 13.0 Å². The molecule has 1 fully saturated rings. The van der Waals surface area contributed by atoms with E-state index in [0.717, 1.165) is 5.76 Å². The maximum atomic E-state index is 11.5. The van der Waals surface area contributed by atoms with Crippen LogP contribution in [0.1, 0.15) is 25.1 Å². The third-order valence-electron chi connectivity index (χ3n) is 2.65. The number of hydrogen-bond acceptors (Lipinski definition) is 3. The van der Waals surface area contributed by atoms with Gasteiger partial charge in [0.1, 0.15) is 11.8 Å². The van der Waals surface area contributed by atoms with E-state index in [9.17, 15) is 4.79 Å². The monoisotopic (exact) mass is 194 g/mol. The zero-order valence-corrected chi connectivity index (χ0v) is 8.14. The van der Waals surface area contributed by atoms with Gasteiger partial charge in [0, 0.05) is 19.0 Å². The lowest BCUT2D eigenvalue weighted by atomic mass is 10.1. The standard InChI is InChI=1S/C10H14N2O2/c1-2-12-9(13)6-7(11)10(12)8-4-3-5-14-8/h3-5,7,10H,2,6,11H2,1H3/t7-,10-/m0/s1. The van der Waals surface area contributed by atoms with Crippen molar-refractivity contribution in [3.05, 3.63) is 24.2 Å². The smallest absolute Gasteiger partial charge is 0.224 e. The highest BCUT2D eigenvalue weighted by Gasteiger charge is 2.39. The largest absolute Gasteiger partial charge is 0.467 e. The minimum Gasteiger partial charge on any atom is -0.467 e. The number of likely N-dealkylation sites (N-methyl/N-ethyl adjacent to an activating group) is 1. The molecular formula is C10H14N2O2. The van der Waals surface area contributed by atoms with Gasteiger partial charge in [-0.15, -0.1) is 0 Å². The average Bonchev–Trinajstić information content (AvgIpc) is 2.72. The molecule has 1 aliphatic heterocycles. The van der Waals surface area contributed by atoms with Crippen LogP contribution in [-0.2, 0) is 4.79 Å². The number of amides is 1. The zero-order chi connectivity index (χ0) is 10.1. The van der Waals surface area contributed by atoms with Gasteiger partial charge in [0.05, 0.1) is 6.26 Å². The van der Waals surface area contributed by atoms with Gasteiger partial charge in [0.2, 0.25) is 5.91 Å². The summed E-state index contributed by atoms with van der Waals surface area (Å²) in [7, 11) is 0. The summed E-state index contributed by atoms with van der Waals surface area (Å²) >= 11 is 0. The summed E-state index contributed by atoms with van der Waals surface area (Å²) in [4.78, 5) is 13.3. The highest BCUT2D eigenvalue weighted by atomic mass is 16.3. The lowest BCUT2D eigenvalue weighted by Crippen LogP contribution is -2.32. The molecule has 0 aromatic carbocycles. The summed E-state index contributed by atoms with van der Waals surface area (Å²) in [5, 5.41) is 0. The maximum absolute atomic E-state index is 11.5. The van der Waals surface area contributed by atoms with Crippen molar-refractivity contribution in [2.24, 2.45) is 5.73 Å². The van der Waals surface area contributed by atoms with Crippen molar-refractivity contribution in [3.63, 3.8) is 0 Å². The van der Waals surface area contributed by atoms with Crippen LogP contribution in [0.5, 0.6) is 0 Å². The summed E-state index contributed by atoms with van der Waals surface area (Å²) in [6.45, 7) is 2.63. The van der Waals surface area contributed by atoms with E-state index in [1.54, 1.807) is 11.2 Å². The summed E-state index contributed by atoms with van der Waals surface area (Å²) in [5.41, 5.74) is 5.90. The molecule has 1 amide bonds. The normalized spacial score (nSPS) is 27.3. The Morgan fingerprint density at radius 2 is 2.50 bits per heavy atom. The Morgan fingerprint density at radius 1 is 1.71 bits per heavy atom. The number of furan rings is 1. The molecule has 14 heavy (non-hydrogen) atoms. The van der Waals surface area contributed by atoms with Crippen molar-refractivity contribution in [1.29, 1.82) is 0 Å². The van der Waals surface area contributed by atoms with Gasteiger partial charge < -0.3 is 15.1 Å². The van der Waals surface area contributed by atoms with Crippen LogP contribution in [-0.4, -0.2) is 23.4 Å². The lowest BCUT2D eigenvalue weighted by Gasteiger charge is -2.23. The Kier molecular flexibility index (Phi) is 2.29. The van der Waals surface area contributed by atoms with E-state index in [2.05, 4.69) is 0 Å². The van der Waals surface area contributed by atoms with Crippen molar-refractivity contribution in [2.75, 3.05) is 6.54 Å². The summed E-state index contributed by atoms with van der Waals surface area (Å²) in [5.74, 6) is 0.895. The van der Waals surface area contributed by atoms with E-state index >= 15 is 0 Å². The summed E-state index contributed by atoms with van der Waals surface area (Å²) in [6.07, 6.45) is 2.03. The fourth-order valence-electron chi connectivity index (χ4n) is 2.01. The first-order valence-electron chi connectivity index (χ1n) is 4.82.